The van der Waals surface area contributed by atoms with Crippen LogP contribution in [0.2, 0.25) is 0 Å². The van der Waals surface area contributed by atoms with Crippen LogP contribution in [0.15, 0.2) is 11.6 Å². The van der Waals surface area contributed by atoms with Gasteiger partial charge in [-0.15, -0.1) is 0 Å². The molecule has 1 N–H and O–H groups in total. The van der Waals surface area contributed by atoms with E-state index in [1.807, 2.05) is 6.08 Å². The lowest BCUT2D eigenvalue weighted by molar-refractivity contribution is 0.211. The first kappa shape index (κ1) is 11.0. The molecule has 1 saturated heterocycles. The van der Waals surface area contributed by atoms with E-state index in [9.17, 15) is 0 Å². The van der Waals surface area contributed by atoms with Crippen LogP contribution < -0.4 is 5.32 Å². The maximum absolute atomic E-state index is 5.50. The topological polar surface area (TPSA) is 15.3 Å². The first-order valence-corrected chi connectivity index (χ1v) is 5.51. The average Bonchev–Trinajstić information content (AvgIpc) is 2.16. The molecule has 0 bridgehead atoms. The van der Waals surface area contributed by atoms with E-state index in [0.29, 0.717) is 6.04 Å². The number of nitrogens with zero attached hydrogens (tertiary/aromatic N) is 1. The highest BCUT2D eigenvalue weighted by Crippen LogP contribution is 2.04. The maximum Gasteiger partial charge on any atom is 0.0195 e. The zero-order valence-corrected chi connectivity index (χ0v) is 9.06. The van der Waals surface area contributed by atoms with Crippen LogP contribution in [0.25, 0.3) is 0 Å². The molecule has 0 aromatic rings. The second kappa shape index (κ2) is 6.41. The Balaban J connectivity index is 2.24. The highest BCUT2D eigenvalue weighted by molar-refractivity contribution is 6.25. The van der Waals surface area contributed by atoms with Gasteiger partial charge in [-0.3, -0.25) is 4.90 Å². The van der Waals surface area contributed by atoms with E-state index in [0.717, 1.165) is 26.2 Å². The fraction of sp³-hybridized carbons (Fsp3) is 0.800. The number of piperazine rings is 1. The maximum atomic E-state index is 5.50. The Hall–Kier alpha value is -0.0500. The quantitative estimate of drug-likeness (QED) is 0.748. The fourth-order valence-corrected chi connectivity index (χ4v) is 1.87. The molecule has 0 spiro atoms. The summed E-state index contributed by atoms with van der Waals surface area (Å²) in [4.78, 5) is 2.44. The van der Waals surface area contributed by atoms with Crippen LogP contribution in [0.3, 0.4) is 0 Å². The minimum atomic E-state index is 0.683. The van der Waals surface area contributed by atoms with Gasteiger partial charge < -0.3 is 5.32 Å². The largest absolute Gasteiger partial charge is 0.311 e. The molecule has 0 aliphatic carbocycles. The van der Waals surface area contributed by atoms with E-state index in [1.54, 1.807) is 5.54 Å². The standard InChI is InChI=1S/C10H19ClN2/c1-2-4-10-9-13(7-3-5-11)8-6-12-10/h3,5,10,12H,2,4,6-9H2,1H3/b5-3+. The van der Waals surface area contributed by atoms with E-state index in [-0.39, 0.29) is 0 Å². The summed E-state index contributed by atoms with van der Waals surface area (Å²) >= 11 is 5.50. The van der Waals surface area contributed by atoms with Crippen LogP contribution in [-0.2, 0) is 0 Å². The van der Waals surface area contributed by atoms with Gasteiger partial charge in [0.05, 0.1) is 0 Å². The molecule has 1 heterocycles. The molecular formula is C10H19ClN2. The number of nitrogens with one attached hydrogen (secondary N) is 1. The molecule has 1 fully saturated rings. The Morgan fingerprint density at radius 2 is 2.46 bits per heavy atom. The second-order valence-electron chi connectivity index (χ2n) is 3.56. The van der Waals surface area contributed by atoms with Crippen LogP contribution in [0, 0.1) is 0 Å². The summed E-state index contributed by atoms with van der Waals surface area (Å²) in [6.45, 7) is 6.64. The lowest BCUT2D eigenvalue weighted by Gasteiger charge is -2.32. The summed E-state index contributed by atoms with van der Waals surface area (Å²) < 4.78 is 0. The van der Waals surface area contributed by atoms with Crippen LogP contribution >= 0.6 is 11.6 Å². The van der Waals surface area contributed by atoms with Gasteiger partial charge in [0.25, 0.3) is 0 Å². The molecule has 2 nitrogen and oxygen atoms in total. The lowest BCUT2D eigenvalue weighted by Crippen LogP contribution is -2.50. The molecule has 3 heteroatoms. The first-order chi connectivity index (χ1) is 6.36. The first-order valence-electron chi connectivity index (χ1n) is 5.07. The molecule has 0 amide bonds. The van der Waals surface area contributed by atoms with Crippen molar-refractivity contribution in [2.24, 2.45) is 0 Å². The highest BCUT2D eigenvalue weighted by Gasteiger charge is 2.16. The van der Waals surface area contributed by atoms with Crippen molar-refractivity contribution < 1.29 is 0 Å². The van der Waals surface area contributed by atoms with Crippen LogP contribution in [-0.4, -0.2) is 37.1 Å². The summed E-state index contributed by atoms with van der Waals surface area (Å²) in [6.07, 6.45) is 4.55. The minimum absolute atomic E-state index is 0.683. The summed E-state index contributed by atoms with van der Waals surface area (Å²) in [5, 5.41) is 3.53. The Kier molecular flexibility index (Phi) is 5.44. The smallest absolute Gasteiger partial charge is 0.0195 e. The molecule has 0 radical (unpaired) electrons. The van der Waals surface area contributed by atoms with Gasteiger partial charge >= 0.3 is 0 Å². The van der Waals surface area contributed by atoms with Crippen molar-refractivity contribution >= 4 is 11.6 Å². The van der Waals surface area contributed by atoms with Crippen molar-refractivity contribution in [3.05, 3.63) is 11.6 Å². The minimum Gasteiger partial charge on any atom is -0.311 e. The lowest BCUT2D eigenvalue weighted by atomic mass is 10.1. The number of halogens is 1. The Morgan fingerprint density at radius 1 is 1.62 bits per heavy atom. The normalized spacial score (nSPS) is 25.5. The Morgan fingerprint density at radius 3 is 3.15 bits per heavy atom. The zero-order valence-electron chi connectivity index (χ0n) is 8.30. The molecular weight excluding hydrogens is 184 g/mol. The van der Waals surface area contributed by atoms with Gasteiger partial charge in [0.1, 0.15) is 0 Å². The van der Waals surface area contributed by atoms with Crippen LogP contribution in [0.4, 0.5) is 0 Å². The summed E-state index contributed by atoms with van der Waals surface area (Å²) in [7, 11) is 0. The predicted molar refractivity (Wildman–Crippen MR) is 58.1 cm³/mol. The Bertz CT molecular complexity index is 157. The van der Waals surface area contributed by atoms with Crippen molar-refractivity contribution in [2.75, 3.05) is 26.2 Å². The predicted octanol–water partition coefficient (Wildman–Crippen LogP) is 1.81. The monoisotopic (exact) mass is 202 g/mol. The van der Waals surface area contributed by atoms with E-state index in [1.165, 1.54) is 12.8 Å². The van der Waals surface area contributed by atoms with Crippen LogP contribution in [0.5, 0.6) is 0 Å². The van der Waals surface area contributed by atoms with Gasteiger partial charge in [0.2, 0.25) is 0 Å². The SMILES string of the molecule is CCCC1CN(C/C=C/Cl)CCN1. The highest BCUT2D eigenvalue weighted by atomic mass is 35.5. The molecule has 0 saturated carbocycles. The van der Waals surface area contributed by atoms with E-state index in [2.05, 4.69) is 17.1 Å². The van der Waals surface area contributed by atoms with Crippen molar-refractivity contribution in [3.8, 4) is 0 Å². The third kappa shape index (κ3) is 4.12. The third-order valence-electron chi connectivity index (χ3n) is 2.43. The molecule has 1 rings (SSSR count). The zero-order chi connectivity index (χ0) is 9.52. The molecule has 0 aromatic heterocycles. The molecule has 76 valence electrons. The molecule has 1 atom stereocenters. The molecule has 1 aliphatic heterocycles. The van der Waals surface area contributed by atoms with Gasteiger partial charge in [-0.05, 0) is 6.42 Å². The van der Waals surface area contributed by atoms with Gasteiger partial charge in [0, 0.05) is 37.8 Å². The Labute approximate surface area is 85.9 Å². The van der Waals surface area contributed by atoms with Crippen molar-refractivity contribution in [2.45, 2.75) is 25.8 Å². The molecule has 13 heavy (non-hydrogen) atoms. The van der Waals surface area contributed by atoms with Gasteiger partial charge in [0.15, 0.2) is 0 Å². The van der Waals surface area contributed by atoms with Gasteiger partial charge in [-0.25, -0.2) is 0 Å². The second-order valence-corrected chi connectivity index (χ2v) is 3.81. The van der Waals surface area contributed by atoms with Gasteiger partial charge in [-0.1, -0.05) is 31.0 Å². The number of hydrogen-bond donors (Lipinski definition) is 1. The van der Waals surface area contributed by atoms with Crippen molar-refractivity contribution in [1.29, 1.82) is 0 Å². The third-order valence-corrected chi connectivity index (χ3v) is 2.61. The van der Waals surface area contributed by atoms with Crippen molar-refractivity contribution in [3.63, 3.8) is 0 Å². The summed E-state index contributed by atoms with van der Waals surface area (Å²) in [5.41, 5.74) is 1.61. The van der Waals surface area contributed by atoms with Crippen molar-refractivity contribution in [1.82, 2.24) is 10.2 Å². The van der Waals surface area contributed by atoms with E-state index in [4.69, 9.17) is 11.6 Å². The number of rotatable bonds is 4. The fourth-order valence-electron chi connectivity index (χ4n) is 1.79. The summed E-state index contributed by atoms with van der Waals surface area (Å²) in [5.74, 6) is 0. The van der Waals surface area contributed by atoms with E-state index >= 15 is 0 Å². The average molecular weight is 203 g/mol. The van der Waals surface area contributed by atoms with E-state index < -0.39 is 0 Å². The van der Waals surface area contributed by atoms with Crippen LogP contribution in [0.1, 0.15) is 19.8 Å². The molecule has 1 aliphatic rings. The van der Waals surface area contributed by atoms with Gasteiger partial charge in [-0.2, -0.15) is 0 Å². The number of hydrogen-bond acceptors (Lipinski definition) is 2. The molecule has 1 unspecified atom stereocenters. The summed E-state index contributed by atoms with van der Waals surface area (Å²) in [6, 6.07) is 0.683. The molecule has 0 aromatic carbocycles.